The van der Waals surface area contributed by atoms with Gasteiger partial charge in [0.15, 0.2) is 6.61 Å². The largest absolute Gasteiger partial charge is 0.455 e. The van der Waals surface area contributed by atoms with E-state index < -0.39 is 5.91 Å². The molecule has 5 rings (SSSR count). The molecule has 4 fully saturated rings. The minimum absolute atomic E-state index is 0.179. The van der Waals surface area contributed by atoms with Gasteiger partial charge in [-0.05, 0) is 69.3 Å². The van der Waals surface area contributed by atoms with Crippen LogP contribution in [0.1, 0.15) is 44.2 Å². The average molecular weight is 329 g/mol. The number of hydrogen-bond acceptors (Lipinski definition) is 5. The van der Waals surface area contributed by atoms with Gasteiger partial charge < -0.3 is 4.74 Å². The van der Waals surface area contributed by atoms with Crippen LogP contribution in [0.5, 0.6) is 0 Å². The fourth-order valence-electron chi connectivity index (χ4n) is 5.31. The number of carbonyl (C=O) groups excluding carboxylic acids is 2. The first kappa shape index (κ1) is 15.5. The minimum Gasteiger partial charge on any atom is -0.455 e. The first-order valence-electron chi connectivity index (χ1n) is 8.79. The molecule has 0 saturated heterocycles. The third kappa shape index (κ3) is 2.89. The summed E-state index contributed by atoms with van der Waals surface area (Å²) >= 11 is 0. The van der Waals surface area contributed by atoms with Crippen molar-refractivity contribution in [3.05, 3.63) is 18.0 Å². The van der Waals surface area contributed by atoms with E-state index in [0.29, 0.717) is 17.8 Å². The van der Waals surface area contributed by atoms with Gasteiger partial charge in [0.05, 0.1) is 5.41 Å². The summed E-state index contributed by atoms with van der Waals surface area (Å²) in [5.41, 5.74) is 0.445. The van der Waals surface area contributed by atoms with Crippen LogP contribution in [0.25, 0.3) is 0 Å². The Labute approximate surface area is 141 Å². The fraction of sp³-hybridized carbons (Fsp3) is 0.667. The maximum Gasteiger partial charge on any atom is 0.312 e. The van der Waals surface area contributed by atoms with Crippen LogP contribution < -0.4 is 5.32 Å². The van der Waals surface area contributed by atoms with Crippen molar-refractivity contribution in [3.63, 3.8) is 0 Å². The van der Waals surface area contributed by atoms with E-state index in [2.05, 4.69) is 15.3 Å². The zero-order valence-electron chi connectivity index (χ0n) is 14.0. The number of anilines is 1. The van der Waals surface area contributed by atoms with Gasteiger partial charge in [-0.15, -0.1) is 0 Å². The molecule has 4 bridgehead atoms. The van der Waals surface area contributed by atoms with Crippen molar-refractivity contribution < 1.29 is 14.3 Å². The van der Waals surface area contributed by atoms with Gasteiger partial charge in [0.2, 0.25) is 5.95 Å². The second-order valence-electron chi connectivity index (χ2n) is 7.84. The van der Waals surface area contributed by atoms with E-state index in [0.717, 1.165) is 25.0 Å². The molecule has 0 atom stereocenters. The van der Waals surface area contributed by atoms with Gasteiger partial charge in [-0.1, -0.05) is 0 Å². The van der Waals surface area contributed by atoms with E-state index in [1.165, 1.54) is 19.3 Å². The van der Waals surface area contributed by atoms with E-state index in [9.17, 15) is 9.59 Å². The zero-order chi connectivity index (χ0) is 16.7. The molecule has 1 N–H and O–H groups in total. The molecular weight excluding hydrogens is 306 g/mol. The lowest BCUT2D eigenvalue weighted by molar-refractivity contribution is -0.172. The molecular formula is C18H23N3O3. The van der Waals surface area contributed by atoms with Crippen LogP contribution in [0.3, 0.4) is 0 Å². The molecule has 1 aromatic heterocycles. The number of aryl methyl sites for hydroxylation is 1. The minimum atomic E-state index is -0.390. The highest BCUT2D eigenvalue weighted by molar-refractivity contribution is 5.91. The summed E-state index contributed by atoms with van der Waals surface area (Å²) in [6.07, 6.45) is 8.24. The van der Waals surface area contributed by atoms with Gasteiger partial charge in [0.1, 0.15) is 0 Å². The SMILES string of the molecule is Cc1ccnc(NC(=O)COC(=O)C23CC4CC(CC(C4)C2)C3)n1. The van der Waals surface area contributed by atoms with Gasteiger partial charge in [0.25, 0.3) is 5.91 Å². The van der Waals surface area contributed by atoms with Crippen molar-refractivity contribution in [3.8, 4) is 0 Å². The number of aromatic nitrogens is 2. The highest BCUT2D eigenvalue weighted by atomic mass is 16.5. The number of rotatable bonds is 4. The fourth-order valence-corrected chi connectivity index (χ4v) is 5.31. The van der Waals surface area contributed by atoms with E-state index in [1.807, 2.05) is 6.92 Å². The highest BCUT2D eigenvalue weighted by Gasteiger charge is 2.55. The summed E-state index contributed by atoms with van der Waals surface area (Å²) in [4.78, 5) is 32.7. The number of nitrogens with zero attached hydrogens (tertiary/aromatic N) is 2. The predicted octanol–water partition coefficient (Wildman–Crippen LogP) is 2.48. The topological polar surface area (TPSA) is 81.2 Å². The summed E-state index contributed by atoms with van der Waals surface area (Å²) < 4.78 is 5.38. The van der Waals surface area contributed by atoms with Crippen LogP contribution >= 0.6 is 0 Å². The zero-order valence-corrected chi connectivity index (χ0v) is 14.0. The van der Waals surface area contributed by atoms with Gasteiger partial charge in [-0.3, -0.25) is 14.9 Å². The van der Waals surface area contributed by atoms with Crippen LogP contribution in [-0.2, 0) is 14.3 Å². The lowest BCUT2D eigenvalue weighted by Gasteiger charge is -2.55. The van der Waals surface area contributed by atoms with Crippen molar-refractivity contribution >= 4 is 17.8 Å². The monoisotopic (exact) mass is 329 g/mol. The van der Waals surface area contributed by atoms with Gasteiger partial charge >= 0.3 is 5.97 Å². The molecule has 0 spiro atoms. The molecule has 0 radical (unpaired) electrons. The number of esters is 1. The second kappa shape index (κ2) is 5.83. The molecule has 4 saturated carbocycles. The number of nitrogens with one attached hydrogen (secondary N) is 1. The second-order valence-corrected chi connectivity index (χ2v) is 7.84. The van der Waals surface area contributed by atoms with Crippen LogP contribution in [0.4, 0.5) is 5.95 Å². The first-order chi connectivity index (χ1) is 11.5. The van der Waals surface area contributed by atoms with E-state index in [1.54, 1.807) is 12.3 Å². The Morgan fingerprint density at radius 1 is 1.21 bits per heavy atom. The summed E-state index contributed by atoms with van der Waals surface area (Å²) in [5, 5.41) is 2.57. The summed E-state index contributed by atoms with van der Waals surface area (Å²) in [6, 6.07) is 1.75. The predicted molar refractivity (Wildman–Crippen MR) is 87.0 cm³/mol. The Hall–Kier alpha value is -1.98. The van der Waals surface area contributed by atoms with Gasteiger partial charge in [-0.2, -0.15) is 0 Å². The van der Waals surface area contributed by atoms with Crippen LogP contribution in [-0.4, -0.2) is 28.5 Å². The smallest absolute Gasteiger partial charge is 0.312 e. The van der Waals surface area contributed by atoms with Gasteiger partial charge in [0, 0.05) is 11.9 Å². The highest BCUT2D eigenvalue weighted by Crippen LogP contribution is 2.60. The molecule has 0 aromatic carbocycles. The molecule has 1 amide bonds. The van der Waals surface area contributed by atoms with E-state index in [-0.39, 0.29) is 23.9 Å². The third-order valence-electron chi connectivity index (χ3n) is 5.85. The van der Waals surface area contributed by atoms with Crippen molar-refractivity contribution in [1.82, 2.24) is 9.97 Å². The summed E-state index contributed by atoms with van der Waals surface area (Å²) in [7, 11) is 0. The van der Waals surface area contributed by atoms with Crippen molar-refractivity contribution in [2.75, 3.05) is 11.9 Å². The maximum atomic E-state index is 12.7. The Kier molecular flexibility index (Phi) is 3.77. The standard InChI is InChI=1S/C18H23N3O3/c1-11-2-3-19-17(20-11)21-15(22)10-24-16(23)18-7-12-4-13(8-18)6-14(5-12)9-18/h2-3,12-14H,4-10H2,1H3,(H,19,20,21,22). The van der Waals surface area contributed by atoms with E-state index >= 15 is 0 Å². The first-order valence-corrected chi connectivity index (χ1v) is 8.79. The number of hydrogen-bond donors (Lipinski definition) is 1. The quantitative estimate of drug-likeness (QED) is 0.858. The number of carbonyl (C=O) groups is 2. The summed E-state index contributed by atoms with van der Waals surface area (Å²) in [5.74, 6) is 1.71. The Bertz CT molecular complexity index is 638. The number of amides is 1. The molecule has 1 heterocycles. The summed E-state index contributed by atoms with van der Waals surface area (Å²) in [6.45, 7) is 1.56. The molecule has 4 aliphatic carbocycles. The van der Waals surface area contributed by atoms with Crippen LogP contribution in [0, 0.1) is 30.1 Å². The average Bonchev–Trinajstić information content (AvgIpc) is 2.51. The number of ether oxygens (including phenoxy) is 1. The molecule has 6 nitrogen and oxygen atoms in total. The Morgan fingerprint density at radius 2 is 1.83 bits per heavy atom. The lowest BCUT2D eigenvalue weighted by atomic mass is 9.49. The molecule has 128 valence electrons. The van der Waals surface area contributed by atoms with Gasteiger partial charge in [-0.25, -0.2) is 9.97 Å². The van der Waals surface area contributed by atoms with Crippen molar-refractivity contribution in [1.29, 1.82) is 0 Å². The molecule has 6 heteroatoms. The van der Waals surface area contributed by atoms with Crippen molar-refractivity contribution in [2.45, 2.75) is 45.4 Å². The third-order valence-corrected chi connectivity index (χ3v) is 5.85. The lowest BCUT2D eigenvalue weighted by Crippen LogP contribution is -2.50. The maximum absolute atomic E-state index is 12.7. The molecule has 4 aliphatic rings. The molecule has 0 aliphatic heterocycles. The Morgan fingerprint density at radius 3 is 2.42 bits per heavy atom. The molecule has 24 heavy (non-hydrogen) atoms. The van der Waals surface area contributed by atoms with Crippen LogP contribution in [0.15, 0.2) is 12.3 Å². The Balaban J connectivity index is 1.34. The van der Waals surface area contributed by atoms with Crippen molar-refractivity contribution in [2.24, 2.45) is 23.2 Å². The molecule has 0 unspecified atom stereocenters. The normalized spacial score (nSPS) is 33.3. The molecule has 1 aromatic rings. The van der Waals surface area contributed by atoms with E-state index in [4.69, 9.17) is 4.74 Å². The van der Waals surface area contributed by atoms with Crippen LogP contribution in [0.2, 0.25) is 0 Å².